The van der Waals surface area contributed by atoms with Crippen LogP contribution in [0.2, 0.25) is 0 Å². The van der Waals surface area contributed by atoms with Gasteiger partial charge in [0.25, 0.3) is 0 Å². The van der Waals surface area contributed by atoms with Crippen LogP contribution in [0.25, 0.3) is 0 Å². The van der Waals surface area contributed by atoms with Crippen LogP contribution in [0.15, 0.2) is 12.2 Å². The standard InChI is InChI=1S/C57H104O12/c1-4-7-10-13-16-19-22-25-28-31-34-37-40-43-49(58)65-46-48(67-50(59)44-41-38-35-32-29-26-23-20-17-14-11-8-5-2)47-66-57-55(53(62)52(61)54(69-57)56(63)64)68-51(60)45-42-39-36-33-30-27-24-21-18-15-12-9-6-3/h19,22,48,52-55,57,61-62H,4-18,20-21,23-47H2,1-3H3,(H,63,64)/b22-19-. The van der Waals surface area contributed by atoms with Gasteiger partial charge in [-0.25, -0.2) is 4.79 Å². The van der Waals surface area contributed by atoms with Crippen molar-refractivity contribution in [2.75, 3.05) is 13.2 Å². The van der Waals surface area contributed by atoms with Crippen LogP contribution >= 0.6 is 0 Å². The minimum Gasteiger partial charge on any atom is -0.479 e. The van der Waals surface area contributed by atoms with Gasteiger partial charge in [0.2, 0.25) is 0 Å². The first kappa shape index (κ1) is 64.5. The van der Waals surface area contributed by atoms with Crippen molar-refractivity contribution < 1.29 is 58.2 Å². The monoisotopic (exact) mass is 981 g/mol. The lowest BCUT2D eigenvalue weighted by molar-refractivity contribution is -0.301. The molecule has 1 fully saturated rings. The number of carbonyl (C=O) groups is 4. The summed E-state index contributed by atoms with van der Waals surface area (Å²) in [6, 6.07) is 0. The van der Waals surface area contributed by atoms with E-state index in [4.69, 9.17) is 23.7 Å². The van der Waals surface area contributed by atoms with Gasteiger partial charge >= 0.3 is 23.9 Å². The van der Waals surface area contributed by atoms with E-state index in [9.17, 15) is 34.5 Å². The van der Waals surface area contributed by atoms with Gasteiger partial charge in [0, 0.05) is 19.3 Å². The van der Waals surface area contributed by atoms with Gasteiger partial charge in [-0.05, 0) is 44.9 Å². The van der Waals surface area contributed by atoms with Gasteiger partial charge in [-0.3, -0.25) is 14.4 Å². The molecule has 12 heteroatoms. The van der Waals surface area contributed by atoms with Crippen LogP contribution in [-0.4, -0.2) is 89.2 Å². The number of aliphatic carboxylic acids is 1. The van der Waals surface area contributed by atoms with Crippen LogP contribution in [0.3, 0.4) is 0 Å². The van der Waals surface area contributed by atoms with Crippen LogP contribution in [0, 0.1) is 0 Å². The predicted octanol–water partition coefficient (Wildman–Crippen LogP) is 14.1. The average Bonchev–Trinajstić information content (AvgIpc) is 3.33. The van der Waals surface area contributed by atoms with Gasteiger partial charge in [-0.1, -0.05) is 226 Å². The molecule has 0 aromatic heterocycles. The van der Waals surface area contributed by atoms with E-state index in [1.165, 1.54) is 141 Å². The lowest BCUT2D eigenvalue weighted by Gasteiger charge is -2.40. The summed E-state index contributed by atoms with van der Waals surface area (Å²) < 4.78 is 28.4. The maximum absolute atomic E-state index is 13.1. The molecule has 6 atom stereocenters. The van der Waals surface area contributed by atoms with E-state index in [0.29, 0.717) is 19.3 Å². The summed E-state index contributed by atoms with van der Waals surface area (Å²) in [7, 11) is 0. The summed E-state index contributed by atoms with van der Waals surface area (Å²) >= 11 is 0. The minimum atomic E-state index is -1.90. The molecule has 1 rings (SSSR count). The second-order valence-corrected chi connectivity index (χ2v) is 19.9. The van der Waals surface area contributed by atoms with Crippen LogP contribution in [0.5, 0.6) is 0 Å². The molecule has 0 saturated carbocycles. The molecular formula is C57H104O12. The fraction of sp³-hybridized carbons (Fsp3) is 0.895. The topological polar surface area (TPSA) is 175 Å². The van der Waals surface area contributed by atoms with Gasteiger partial charge in [0.1, 0.15) is 18.8 Å². The van der Waals surface area contributed by atoms with Crippen LogP contribution < -0.4 is 0 Å². The van der Waals surface area contributed by atoms with Gasteiger partial charge in [-0.2, -0.15) is 0 Å². The zero-order valence-corrected chi connectivity index (χ0v) is 44.3. The highest BCUT2D eigenvalue weighted by Gasteiger charge is 2.50. The molecule has 0 aromatic rings. The molecule has 69 heavy (non-hydrogen) atoms. The first-order chi connectivity index (χ1) is 33.6. The molecular weight excluding hydrogens is 877 g/mol. The Hall–Kier alpha value is -2.54. The highest BCUT2D eigenvalue weighted by atomic mass is 16.7. The van der Waals surface area contributed by atoms with Crippen molar-refractivity contribution in [3.05, 3.63) is 12.2 Å². The quantitative estimate of drug-likeness (QED) is 0.0228. The Labute approximate surface area is 420 Å². The lowest BCUT2D eigenvalue weighted by Crippen LogP contribution is -2.61. The summed E-state index contributed by atoms with van der Waals surface area (Å²) in [5.41, 5.74) is 0. The third kappa shape index (κ3) is 37.0. The molecule has 1 saturated heterocycles. The van der Waals surface area contributed by atoms with E-state index in [-0.39, 0.29) is 25.9 Å². The van der Waals surface area contributed by atoms with Crippen molar-refractivity contribution in [2.24, 2.45) is 0 Å². The number of aliphatic hydroxyl groups is 2. The lowest BCUT2D eigenvalue weighted by atomic mass is 9.98. The minimum absolute atomic E-state index is 0.0676. The SMILES string of the molecule is CCCCCC/C=C\CCCCCCCC(=O)OCC(COC1OC(C(=O)O)C(O)C(O)C1OC(=O)CCCCCCCCCCCCCCC)OC(=O)CCCCCCCCCCCCCCC. The van der Waals surface area contributed by atoms with E-state index < -0.39 is 67.3 Å². The Morgan fingerprint density at radius 1 is 0.464 bits per heavy atom. The maximum Gasteiger partial charge on any atom is 0.335 e. The number of carboxylic acid groups (broad SMARTS) is 1. The molecule has 3 N–H and O–H groups in total. The summed E-state index contributed by atoms with van der Waals surface area (Å²) in [5.74, 6) is -3.10. The Balaban J connectivity index is 2.70. The van der Waals surface area contributed by atoms with Gasteiger partial charge in [0.05, 0.1) is 6.61 Å². The second-order valence-electron chi connectivity index (χ2n) is 19.9. The Morgan fingerprint density at radius 3 is 1.25 bits per heavy atom. The summed E-state index contributed by atoms with van der Waals surface area (Å²) in [6.07, 6.45) is 37.5. The van der Waals surface area contributed by atoms with Gasteiger partial charge in [0.15, 0.2) is 24.6 Å². The fourth-order valence-electron chi connectivity index (χ4n) is 8.89. The number of carbonyl (C=O) groups excluding carboxylic acids is 3. The Kier molecular flexibility index (Phi) is 43.5. The van der Waals surface area contributed by atoms with Crippen molar-refractivity contribution in [3.8, 4) is 0 Å². The molecule has 0 radical (unpaired) electrons. The smallest absolute Gasteiger partial charge is 0.335 e. The Bertz CT molecular complexity index is 1260. The third-order valence-electron chi connectivity index (χ3n) is 13.3. The molecule has 6 unspecified atom stereocenters. The fourth-order valence-corrected chi connectivity index (χ4v) is 8.89. The van der Waals surface area contributed by atoms with E-state index in [0.717, 1.165) is 77.0 Å². The maximum atomic E-state index is 13.1. The molecule has 0 aromatic carbocycles. The van der Waals surface area contributed by atoms with Crippen molar-refractivity contribution in [1.29, 1.82) is 0 Å². The van der Waals surface area contributed by atoms with Crippen molar-refractivity contribution in [3.63, 3.8) is 0 Å². The van der Waals surface area contributed by atoms with Crippen LogP contribution in [0.1, 0.15) is 278 Å². The van der Waals surface area contributed by atoms with E-state index >= 15 is 0 Å². The number of hydrogen-bond donors (Lipinski definition) is 3. The van der Waals surface area contributed by atoms with Crippen molar-refractivity contribution in [2.45, 2.75) is 314 Å². The van der Waals surface area contributed by atoms with E-state index in [1.807, 2.05) is 0 Å². The molecule has 0 spiro atoms. The van der Waals surface area contributed by atoms with Crippen LogP contribution in [-0.2, 0) is 42.9 Å². The van der Waals surface area contributed by atoms with Crippen molar-refractivity contribution >= 4 is 23.9 Å². The normalized spacial score (nSPS) is 18.7. The van der Waals surface area contributed by atoms with E-state index in [2.05, 4.69) is 32.9 Å². The molecule has 12 nitrogen and oxygen atoms in total. The second kappa shape index (κ2) is 46.5. The van der Waals surface area contributed by atoms with Gasteiger partial charge in [-0.15, -0.1) is 0 Å². The molecule has 0 aliphatic carbocycles. The number of carboxylic acids is 1. The van der Waals surface area contributed by atoms with Crippen LogP contribution in [0.4, 0.5) is 0 Å². The average molecular weight is 981 g/mol. The van der Waals surface area contributed by atoms with Gasteiger partial charge < -0.3 is 39.0 Å². The van der Waals surface area contributed by atoms with Crippen molar-refractivity contribution in [1.82, 2.24) is 0 Å². The number of aliphatic hydroxyl groups excluding tert-OH is 2. The first-order valence-electron chi connectivity index (χ1n) is 28.7. The largest absolute Gasteiger partial charge is 0.479 e. The number of allylic oxidation sites excluding steroid dienone is 2. The highest BCUT2D eigenvalue weighted by Crippen LogP contribution is 2.26. The molecule has 404 valence electrons. The predicted molar refractivity (Wildman–Crippen MR) is 276 cm³/mol. The number of hydrogen-bond acceptors (Lipinski definition) is 11. The number of esters is 3. The van der Waals surface area contributed by atoms with E-state index in [1.54, 1.807) is 0 Å². The third-order valence-corrected chi connectivity index (χ3v) is 13.3. The molecule has 1 aliphatic heterocycles. The molecule has 0 bridgehead atoms. The highest BCUT2D eigenvalue weighted by molar-refractivity contribution is 5.74. The molecule has 1 heterocycles. The number of unbranched alkanes of at least 4 members (excludes halogenated alkanes) is 33. The summed E-state index contributed by atoms with van der Waals surface area (Å²) in [6.45, 7) is 5.98. The zero-order valence-electron chi connectivity index (χ0n) is 44.3. The number of rotatable bonds is 49. The summed E-state index contributed by atoms with van der Waals surface area (Å²) in [4.78, 5) is 51.0. The zero-order chi connectivity index (χ0) is 50.4. The first-order valence-corrected chi connectivity index (χ1v) is 28.7. The summed E-state index contributed by atoms with van der Waals surface area (Å²) in [5, 5.41) is 31.4. The number of ether oxygens (including phenoxy) is 5. The molecule has 0 amide bonds. The Morgan fingerprint density at radius 2 is 0.826 bits per heavy atom. The molecule has 1 aliphatic rings.